The molecule has 0 saturated carbocycles. The number of unbranched alkanes of at least 4 members (excludes halogenated alkanes) is 2. The first-order valence-electron chi connectivity index (χ1n) is 14.3. The molecular weight excluding hydrogens is 619 g/mol. The van der Waals surface area contributed by atoms with Gasteiger partial charge in [-0.2, -0.15) is 8.78 Å². The Morgan fingerprint density at radius 3 is 1.63 bits per heavy atom. The Balaban J connectivity index is 1.35. The quantitative estimate of drug-likeness (QED) is 0.0835. The molecule has 10 heteroatoms. The Kier molecular flexibility index (Phi) is 9.46. The van der Waals surface area contributed by atoms with E-state index in [1.54, 1.807) is 12.1 Å². The lowest BCUT2D eigenvalue weighted by atomic mass is 9.98. The Morgan fingerprint density at radius 2 is 1.04 bits per heavy atom. The van der Waals surface area contributed by atoms with Gasteiger partial charge in [-0.1, -0.05) is 62.2 Å². The molecule has 0 spiro atoms. The van der Waals surface area contributed by atoms with Gasteiger partial charge in [0, 0.05) is 11.1 Å². The number of aryl methyl sites for hydroxylation is 1. The molecule has 0 N–H and O–H groups in total. The van der Waals surface area contributed by atoms with Crippen LogP contribution in [0.3, 0.4) is 0 Å². The summed E-state index contributed by atoms with van der Waals surface area (Å²) in [5.74, 6) is -11.3. The van der Waals surface area contributed by atoms with Crippen LogP contribution in [0, 0.1) is 40.7 Å². The van der Waals surface area contributed by atoms with Crippen molar-refractivity contribution in [2.24, 2.45) is 0 Å². The summed E-state index contributed by atoms with van der Waals surface area (Å²) in [6, 6.07) is 14.9. The summed E-state index contributed by atoms with van der Waals surface area (Å²) >= 11 is 0. The van der Waals surface area contributed by atoms with Gasteiger partial charge < -0.3 is 4.74 Å². The second-order valence-corrected chi connectivity index (χ2v) is 10.7. The van der Waals surface area contributed by atoms with E-state index in [2.05, 4.69) is 11.7 Å². The van der Waals surface area contributed by atoms with Gasteiger partial charge in [0.2, 0.25) is 0 Å². The maximum atomic E-state index is 15.0. The van der Waals surface area contributed by atoms with Crippen LogP contribution in [-0.4, -0.2) is 0 Å². The topological polar surface area (TPSA) is 9.23 Å². The molecule has 0 atom stereocenters. The van der Waals surface area contributed by atoms with E-state index in [-0.39, 0.29) is 27.8 Å². The Bertz CT molecular complexity index is 1840. The molecule has 5 aromatic rings. The SMILES string of the molecule is CCCCCc1ccc(-c2cc(F)c(OC(F)(F)c3ccc(-c4ccc(-c5cc(F)c(F)c(F)c5)c(F)c4)c(F)c3)c(F)c2)cc1. The van der Waals surface area contributed by atoms with Crippen LogP contribution in [0.1, 0.15) is 37.3 Å². The molecule has 0 aromatic heterocycles. The van der Waals surface area contributed by atoms with Gasteiger partial charge in [0.1, 0.15) is 11.6 Å². The lowest BCUT2D eigenvalue weighted by Gasteiger charge is -2.20. The summed E-state index contributed by atoms with van der Waals surface area (Å²) in [4.78, 5) is 0. The molecule has 5 rings (SSSR count). The number of ether oxygens (including phenoxy) is 1. The van der Waals surface area contributed by atoms with Crippen molar-refractivity contribution >= 4 is 0 Å². The van der Waals surface area contributed by atoms with Crippen molar-refractivity contribution in [3.05, 3.63) is 137 Å². The fourth-order valence-electron chi connectivity index (χ4n) is 5.01. The molecule has 0 aliphatic rings. The molecule has 46 heavy (non-hydrogen) atoms. The van der Waals surface area contributed by atoms with E-state index in [9.17, 15) is 26.3 Å². The van der Waals surface area contributed by atoms with Gasteiger partial charge in [-0.05, 0) is 83.1 Å². The van der Waals surface area contributed by atoms with Gasteiger partial charge in [-0.3, -0.25) is 0 Å². The maximum absolute atomic E-state index is 15.0. The molecule has 0 aliphatic carbocycles. The third kappa shape index (κ3) is 6.90. The molecule has 0 aliphatic heterocycles. The molecule has 1 nitrogen and oxygen atoms in total. The van der Waals surface area contributed by atoms with Crippen molar-refractivity contribution in [3.63, 3.8) is 0 Å². The summed E-state index contributed by atoms with van der Waals surface area (Å²) in [7, 11) is 0. The largest absolute Gasteiger partial charge is 0.427 e. The number of halogens is 9. The average Bonchev–Trinajstić information content (AvgIpc) is 3.01. The summed E-state index contributed by atoms with van der Waals surface area (Å²) in [6.07, 6.45) is -0.386. The van der Waals surface area contributed by atoms with E-state index >= 15 is 13.2 Å². The number of hydrogen-bond donors (Lipinski definition) is 0. The number of alkyl halides is 2. The summed E-state index contributed by atoms with van der Waals surface area (Å²) < 4.78 is 135. The molecule has 0 bridgehead atoms. The molecule has 0 unspecified atom stereocenters. The minimum atomic E-state index is -4.38. The van der Waals surface area contributed by atoms with E-state index in [0.717, 1.165) is 73.7 Å². The molecule has 0 heterocycles. The second-order valence-electron chi connectivity index (χ2n) is 10.7. The van der Waals surface area contributed by atoms with Gasteiger partial charge in [0.15, 0.2) is 34.8 Å². The second kappa shape index (κ2) is 13.3. The fraction of sp³-hybridized carbons (Fsp3) is 0.167. The van der Waals surface area contributed by atoms with Gasteiger partial charge in [-0.25, -0.2) is 30.7 Å². The monoisotopic (exact) mass is 644 g/mol. The zero-order valence-electron chi connectivity index (χ0n) is 24.2. The lowest BCUT2D eigenvalue weighted by molar-refractivity contribution is -0.188. The molecule has 0 amide bonds. The molecule has 5 aromatic carbocycles. The first-order chi connectivity index (χ1) is 21.9. The van der Waals surface area contributed by atoms with Crippen molar-refractivity contribution in [1.29, 1.82) is 0 Å². The lowest BCUT2D eigenvalue weighted by Crippen LogP contribution is -2.23. The zero-order chi connectivity index (χ0) is 33.2. The van der Waals surface area contributed by atoms with Crippen LogP contribution in [0.5, 0.6) is 5.75 Å². The van der Waals surface area contributed by atoms with E-state index in [1.807, 2.05) is 12.1 Å². The Hall–Kier alpha value is -4.73. The van der Waals surface area contributed by atoms with Crippen LogP contribution in [0.25, 0.3) is 33.4 Å². The van der Waals surface area contributed by atoms with E-state index < -0.39 is 58.1 Å². The highest BCUT2D eigenvalue weighted by Crippen LogP contribution is 2.38. The smallest absolute Gasteiger partial charge is 0.423 e. The van der Waals surface area contributed by atoms with Gasteiger partial charge >= 0.3 is 6.11 Å². The summed E-state index contributed by atoms with van der Waals surface area (Å²) in [6.45, 7) is 2.09. The van der Waals surface area contributed by atoms with Crippen molar-refractivity contribution in [1.82, 2.24) is 0 Å². The standard InChI is InChI=1S/C36H25F9O/c1-2-3-4-5-20-6-8-21(9-7-20)23-15-32(41)35(33(42)16-23)46-36(44,45)25-11-13-26(29(38)19-25)22-10-12-27(28(37)14-22)24-17-30(39)34(43)31(40)18-24/h6-19H,2-5H2,1H3. The molecule has 0 radical (unpaired) electrons. The molecule has 0 fully saturated rings. The van der Waals surface area contributed by atoms with Crippen molar-refractivity contribution in [3.8, 4) is 39.1 Å². The highest BCUT2D eigenvalue weighted by molar-refractivity contribution is 5.72. The fourth-order valence-corrected chi connectivity index (χ4v) is 5.01. The van der Waals surface area contributed by atoms with Crippen LogP contribution in [-0.2, 0) is 12.5 Å². The highest BCUT2D eigenvalue weighted by atomic mass is 19.3. The number of rotatable bonds is 10. The zero-order valence-corrected chi connectivity index (χ0v) is 24.2. The Labute approximate surface area is 258 Å². The number of benzene rings is 5. The minimum Gasteiger partial charge on any atom is -0.423 e. The van der Waals surface area contributed by atoms with Gasteiger partial charge in [-0.15, -0.1) is 0 Å². The third-order valence-corrected chi connectivity index (χ3v) is 7.46. The first-order valence-corrected chi connectivity index (χ1v) is 14.3. The van der Waals surface area contributed by atoms with Crippen molar-refractivity contribution < 1.29 is 44.3 Å². The van der Waals surface area contributed by atoms with Crippen molar-refractivity contribution in [2.45, 2.75) is 38.7 Å². The normalized spacial score (nSPS) is 11.6. The number of hydrogen-bond acceptors (Lipinski definition) is 1. The summed E-state index contributed by atoms with van der Waals surface area (Å²) in [5, 5.41) is 0. The predicted octanol–water partition coefficient (Wildman–Crippen LogP) is 11.5. The van der Waals surface area contributed by atoms with Crippen LogP contribution >= 0.6 is 0 Å². The highest BCUT2D eigenvalue weighted by Gasteiger charge is 2.37. The first kappa shape index (κ1) is 32.7. The van der Waals surface area contributed by atoms with E-state index in [0.29, 0.717) is 23.8 Å². The molecule has 238 valence electrons. The third-order valence-electron chi connectivity index (χ3n) is 7.46. The van der Waals surface area contributed by atoms with Crippen molar-refractivity contribution in [2.75, 3.05) is 0 Å². The van der Waals surface area contributed by atoms with Crippen LogP contribution in [0.15, 0.2) is 84.9 Å². The molecular formula is C36H25F9O. The predicted molar refractivity (Wildman–Crippen MR) is 157 cm³/mol. The summed E-state index contributed by atoms with van der Waals surface area (Å²) in [5.41, 5.74) is -0.562. The van der Waals surface area contributed by atoms with Crippen LogP contribution in [0.2, 0.25) is 0 Å². The van der Waals surface area contributed by atoms with Gasteiger partial charge in [0.05, 0.1) is 5.56 Å². The maximum Gasteiger partial charge on any atom is 0.427 e. The van der Waals surface area contributed by atoms with Crippen LogP contribution < -0.4 is 4.74 Å². The minimum absolute atomic E-state index is 0.106. The average molecular weight is 645 g/mol. The van der Waals surface area contributed by atoms with Gasteiger partial charge in [0.25, 0.3) is 0 Å². The van der Waals surface area contributed by atoms with E-state index in [1.165, 1.54) is 0 Å². The Morgan fingerprint density at radius 1 is 0.522 bits per heavy atom. The van der Waals surface area contributed by atoms with Crippen LogP contribution in [0.4, 0.5) is 39.5 Å². The molecule has 0 saturated heterocycles. The van der Waals surface area contributed by atoms with E-state index in [4.69, 9.17) is 0 Å².